The van der Waals surface area contributed by atoms with Crippen LogP contribution in [0.15, 0.2) is 76.3 Å². The first kappa shape index (κ1) is 25.5. The second kappa shape index (κ2) is 10.3. The van der Waals surface area contributed by atoms with Gasteiger partial charge in [0.15, 0.2) is 12.4 Å². The van der Waals surface area contributed by atoms with Crippen molar-refractivity contribution in [2.24, 2.45) is 0 Å². The summed E-state index contributed by atoms with van der Waals surface area (Å²) in [6.07, 6.45) is 0.160. The van der Waals surface area contributed by atoms with Crippen molar-refractivity contribution in [2.75, 3.05) is 11.9 Å². The maximum atomic E-state index is 13.2. The summed E-state index contributed by atoms with van der Waals surface area (Å²) in [4.78, 5) is 34.1. The number of rotatable bonds is 6. The number of ether oxygens (including phenoxy) is 1. The van der Waals surface area contributed by atoms with Gasteiger partial charge in [0.05, 0.1) is 15.8 Å². The molecule has 0 aliphatic rings. The molecular weight excluding hydrogens is 587 g/mol. The van der Waals surface area contributed by atoms with Gasteiger partial charge in [0.25, 0.3) is 11.5 Å². The second-order valence-electron chi connectivity index (χ2n) is 7.84. The zero-order valence-corrected chi connectivity index (χ0v) is 21.5. The van der Waals surface area contributed by atoms with Crippen LogP contribution in [0.1, 0.15) is 11.1 Å². The number of halogens is 4. The van der Waals surface area contributed by atoms with Crippen LogP contribution in [-0.4, -0.2) is 32.1 Å². The average molecular weight is 602 g/mol. The first-order valence-electron chi connectivity index (χ1n) is 10.9. The van der Waals surface area contributed by atoms with Crippen LogP contribution in [0, 0.1) is 0 Å². The molecule has 13 heteroatoms. The van der Waals surface area contributed by atoms with Gasteiger partial charge in [0.2, 0.25) is 4.96 Å². The van der Waals surface area contributed by atoms with Gasteiger partial charge < -0.3 is 10.1 Å². The zero-order valence-electron chi connectivity index (χ0n) is 19.1. The summed E-state index contributed by atoms with van der Waals surface area (Å²) in [6, 6.07) is 13.1. The molecule has 192 valence electrons. The van der Waals surface area contributed by atoms with Crippen LogP contribution >= 0.6 is 27.3 Å². The number of fused-ring (bicyclic) bond motifs is 1. The maximum absolute atomic E-state index is 13.2. The monoisotopic (exact) mass is 601 g/mol. The number of nitrogens with one attached hydrogen (secondary N) is 1. The normalized spacial score (nSPS) is 12.2. The molecule has 3 heterocycles. The molecule has 2 aromatic carbocycles. The molecular formula is C25H15BrF3N5O3S. The summed E-state index contributed by atoms with van der Waals surface area (Å²) in [5.74, 6) is -0.127. The van der Waals surface area contributed by atoms with Crippen LogP contribution in [0.5, 0.6) is 5.75 Å². The molecule has 0 aliphatic carbocycles. The van der Waals surface area contributed by atoms with Crippen LogP contribution in [0.2, 0.25) is 0 Å². The van der Waals surface area contributed by atoms with E-state index in [2.05, 4.69) is 36.3 Å². The smallest absolute Gasteiger partial charge is 0.418 e. The van der Waals surface area contributed by atoms with Crippen LogP contribution in [0.3, 0.4) is 0 Å². The summed E-state index contributed by atoms with van der Waals surface area (Å²) in [5.41, 5.74) is -0.520. The van der Waals surface area contributed by atoms with Crippen molar-refractivity contribution in [3.63, 3.8) is 0 Å². The minimum absolute atomic E-state index is 0.253. The number of carbonyl (C=O) groups is 1. The molecule has 0 saturated heterocycles. The number of pyridine rings is 1. The number of carbonyl (C=O) groups excluding carboxylic acids is 1. The fourth-order valence-electron chi connectivity index (χ4n) is 3.53. The molecule has 0 spiro atoms. The average Bonchev–Trinajstić information content (AvgIpc) is 3.43. The summed E-state index contributed by atoms with van der Waals surface area (Å²) in [7, 11) is 0. The molecule has 1 N–H and O–H groups in total. The van der Waals surface area contributed by atoms with E-state index in [0.717, 1.165) is 29.0 Å². The van der Waals surface area contributed by atoms with Crippen LogP contribution < -0.4 is 20.1 Å². The molecule has 0 aliphatic heterocycles. The lowest BCUT2D eigenvalue weighted by Gasteiger charge is -2.14. The molecule has 1 amide bonds. The lowest BCUT2D eigenvalue weighted by atomic mass is 10.1. The fraction of sp³-hybridized carbons (Fsp3) is 0.0800. The summed E-state index contributed by atoms with van der Waals surface area (Å²) < 4.78 is 47.5. The Morgan fingerprint density at radius 3 is 2.63 bits per heavy atom. The number of para-hydroxylation sites is 1. The van der Waals surface area contributed by atoms with Gasteiger partial charge >= 0.3 is 6.18 Å². The van der Waals surface area contributed by atoms with E-state index in [-0.39, 0.29) is 17.0 Å². The standard InChI is InChI=1S/C25H15BrF3N5O3S/c26-16-5-6-19(37-13-21(35)31-18-4-2-1-3-17(18)25(27,28)29)15(11-16)12-20-23(36)34-24(38-20)32-22(33-34)14-7-9-30-10-8-14/h1-12H,13H2,(H,31,35)/b20-12-. The van der Waals surface area contributed by atoms with E-state index in [9.17, 15) is 22.8 Å². The topological polar surface area (TPSA) is 98.5 Å². The lowest BCUT2D eigenvalue weighted by molar-refractivity contribution is -0.137. The highest BCUT2D eigenvalue weighted by Crippen LogP contribution is 2.34. The van der Waals surface area contributed by atoms with Crippen LogP contribution in [-0.2, 0) is 11.0 Å². The first-order chi connectivity index (χ1) is 18.2. The van der Waals surface area contributed by atoms with E-state index in [1.807, 2.05) is 0 Å². The Morgan fingerprint density at radius 1 is 1.13 bits per heavy atom. The van der Waals surface area contributed by atoms with Gasteiger partial charge in [0, 0.05) is 28.0 Å². The number of benzene rings is 2. The number of hydrogen-bond donors (Lipinski definition) is 1. The second-order valence-corrected chi connectivity index (χ2v) is 9.77. The van der Waals surface area contributed by atoms with E-state index in [4.69, 9.17) is 4.74 Å². The van der Waals surface area contributed by atoms with Crippen LogP contribution in [0.25, 0.3) is 22.4 Å². The summed E-state index contributed by atoms with van der Waals surface area (Å²) in [5, 5.41) is 6.53. The van der Waals surface area contributed by atoms with Gasteiger partial charge in [-0.3, -0.25) is 14.6 Å². The maximum Gasteiger partial charge on any atom is 0.418 e. The number of hydrogen-bond acceptors (Lipinski definition) is 7. The van der Waals surface area contributed by atoms with E-state index < -0.39 is 24.3 Å². The Kier molecular flexibility index (Phi) is 6.95. The van der Waals surface area contributed by atoms with Gasteiger partial charge in [-0.2, -0.15) is 22.7 Å². The van der Waals surface area contributed by atoms with Crippen molar-refractivity contribution in [1.29, 1.82) is 0 Å². The van der Waals surface area contributed by atoms with Gasteiger partial charge in [-0.25, -0.2) is 0 Å². The van der Waals surface area contributed by atoms with Gasteiger partial charge in [-0.05, 0) is 48.5 Å². The molecule has 3 aromatic heterocycles. The molecule has 0 bridgehead atoms. The SMILES string of the molecule is O=C(COc1ccc(Br)cc1/C=c1\sc2nc(-c3ccncc3)nn2c1=O)Nc1ccccc1C(F)(F)F. The molecule has 0 atom stereocenters. The molecule has 0 fully saturated rings. The van der Waals surface area contributed by atoms with Crippen molar-refractivity contribution >= 4 is 49.9 Å². The molecule has 0 saturated carbocycles. The van der Waals surface area contributed by atoms with Gasteiger partial charge in [-0.15, -0.1) is 5.10 Å². The van der Waals surface area contributed by atoms with E-state index in [1.165, 1.54) is 16.6 Å². The number of anilines is 1. The number of thiazole rings is 1. The molecule has 0 radical (unpaired) electrons. The predicted molar refractivity (Wildman–Crippen MR) is 139 cm³/mol. The largest absolute Gasteiger partial charge is 0.483 e. The van der Waals surface area contributed by atoms with E-state index in [1.54, 1.807) is 48.8 Å². The highest BCUT2D eigenvalue weighted by molar-refractivity contribution is 9.10. The molecule has 5 rings (SSSR count). The molecule has 38 heavy (non-hydrogen) atoms. The molecule has 5 aromatic rings. The van der Waals surface area contributed by atoms with Crippen LogP contribution in [0.4, 0.5) is 18.9 Å². The Balaban J connectivity index is 1.39. The molecule has 0 unspecified atom stereocenters. The Morgan fingerprint density at radius 2 is 1.89 bits per heavy atom. The minimum Gasteiger partial charge on any atom is -0.483 e. The number of amides is 1. The Hall–Kier alpha value is -4.10. The van der Waals surface area contributed by atoms with Gasteiger partial charge in [-0.1, -0.05) is 39.4 Å². The highest BCUT2D eigenvalue weighted by Gasteiger charge is 2.33. The van der Waals surface area contributed by atoms with Crippen molar-refractivity contribution in [2.45, 2.75) is 6.18 Å². The third-order valence-corrected chi connectivity index (χ3v) is 6.70. The molecule has 8 nitrogen and oxygen atoms in total. The Bertz CT molecular complexity index is 1760. The minimum atomic E-state index is -4.62. The lowest BCUT2D eigenvalue weighted by Crippen LogP contribution is -2.24. The highest BCUT2D eigenvalue weighted by atomic mass is 79.9. The van der Waals surface area contributed by atoms with Crippen molar-refractivity contribution < 1.29 is 22.7 Å². The predicted octanol–water partition coefficient (Wildman–Crippen LogP) is 4.56. The zero-order chi connectivity index (χ0) is 26.9. The quantitative estimate of drug-likeness (QED) is 0.306. The van der Waals surface area contributed by atoms with Crippen molar-refractivity contribution in [3.8, 4) is 17.1 Å². The van der Waals surface area contributed by atoms with Crippen molar-refractivity contribution in [3.05, 3.63) is 97.5 Å². The van der Waals surface area contributed by atoms with E-state index >= 15 is 0 Å². The number of nitrogens with zero attached hydrogens (tertiary/aromatic N) is 4. The Labute approximate surface area is 224 Å². The summed E-state index contributed by atoms with van der Waals surface area (Å²) >= 11 is 4.50. The summed E-state index contributed by atoms with van der Waals surface area (Å²) in [6.45, 7) is -0.552. The third kappa shape index (κ3) is 5.43. The first-order valence-corrected chi connectivity index (χ1v) is 12.5. The van der Waals surface area contributed by atoms with Crippen molar-refractivity contribution in [1.82, 2.24) is 19.6 Å². The van der Waals surface area contributed by atoms with Gasteiger partial charge in [0.1, 0.15) is 5.75 Å². The number of aromatic nitrogens is 4. The third-order valence-electron chi connectivity index (χ3n) is 5.24. The van der Waals surface area contributed by atoms with E-state index in [0.29, 0.717) is 25.4 Å². The number of alkyl halides is 3. The fourth-order valence-corrected chi connectivity index (χ4v) is 4.81.